The fourth-order valence-electron chi connectivity index (χ4n) is 1.58. The maximum atomic E-state index is 13.8. The molecule has 2 rings (SSSR count). The summed E-state index contributed by atoms with van der Waals surface area (Å²) < 4.78 is 19.4. The van der Waals surface area contributed by atoms with Crippen LogP contribution in [0.2, 0.25) is 0 Å². The molecule has 0 aliphatic carbocycles. The van der Waals surface area contributed by atoms with Crippen molar-refractivity contribution in [1.29, 1.82) is 0 Å². The standard InChI is InChI=1S/C12H10BrFN4O3/c1-2-21-12-10(18(19)20)11(15-6-16-12)17-9-4-3-7(13)5-8(9)14/h3-6H,2H2,1H3,(H,15,16,17). The highest BCUT2D eigenvalue weighted by atomic mass is 79.9. The largest absolute Gasteiger partial charge is 0.473 e. The zero-order chi connectivity index (χ0) is 15.4. The van der Waals surface area contributed by atoms with Crippen LogP contribution in [-0.2, 0) is 0 Å². The Balaban J connectivity index is 2.43. The molecule has 1 aromatic heterocycles. The molecule has 110 valence electrons. The zero-order valence-electron chi connectivity index (χ0n) is 10.8. The van der Waals surface area contributed by atoms with E-state index in [1.165, 1.54) is 12.1 Å². The summed E-state index contributed by atoms with van der Waals surface area (Å²) in [5.41, 5.74) is -0.385. The molecule has 0 amide bonds. The summed E-state index contributed by atoms with van der Waals surface area (Å²) in [6.07, 6.45) is 1.11. The van der Waals surface area contributed by atoms with Gasteiger partial charge in [-0.2, -0.15) is 4.98 Å². The third kappa shape index (κ3) is 3.43. The Kier molecular flexibility index (Phi) is 4.63. The Morgan fingerprint density at radius 3 is 2.86 bits per heavy atom. The summed E-state index contributed by atoms with van der Waals surface area (Å²) in [4.78, 5) is 18.0. The lowest BCUT2D eigenvalue weighted by molar-refractivity contribution is -0.385. The Hall–Kier alpha value is -2.29. The number of benzene rings is 1. The molecule has 0 spiro atoms. The van der Waals surface area contributed by atoms with E-state index in [0.29, 0.717) is 4.47 Å². The molecule has 2 aromatic rings. The normalized spacial score (nSPS) is 10.2. The summed E-state index contributed by atoms with van der Waals surface area (Å²) in [5.74, 6) is -0.882. The molecule has 0 radical (unpaired) electrons. The first-order chi connectivity index (χ1) is 10.0. The first-order valence-corrected chi connectivity index (χ1v) is 6.66. The number of aromatic nitrogens is 2. The van der Waals surface area contributed by atoms with Crippen LogP contribution in [-0.4, -0.2) is 21.5 Å². The molecule has 0 saturated heterocycles. The van der Waals surface area contributed by atoms with E-state index in [-0.39, 0.29) is 24.0 Å². The molecule has 0 unspecified atom stereocenters. The van der Waals surface area contributed by atoms with Gasteiger partial charge in [-0.3, -0.25) is 10.1 Å². The Bertz CT molecular complexity index is 684. The topological polar surface area (TPSA) is 90.2 Å². The number of rotatable bonds is 5. The number of anilines is 2. The Morgan fingerprint density at radius 2 is 2.24 bits per heavy atom. The van der Waals surface area contributed by atoms with Crippen LogP contribution in [0.3, 0.4) is 0 Å². The molecule has 1 aromatic carbocycles. The van der Waals surface area contributed by atoms with Gasteiger partial charge in [0.2, 0.25) is 5.82 Å². The number of nitrogens with one attached hydrogen (secondary N) is 1. The van der Waals surface area contributed by atoms with Crippen LogP contribution in [0.25, 0.3) is 0 Å². The second-order valence-corrected chi connectivity index (χ2v) is 4.73. The molecule has 0 fully saturated rings. The van der Waals surface area contributed by atoms with Crippen molar-refractivity contribution in [1.82, 2.24) is 9.97 Å². The minimum atomic E-state index is -0.676. The molecular weight excluding hydrogens is 347 g/mol. The molecule has 0 atom stereocenters. The van der Waals surface area contributed by atoms with E-state index in [4.69, 9.17) is 4.74 Å². The van der Waals surface area contributed by atoms with Gasteiger partial charge in [-0.25, -0.2) is 9.37 Å². The van der Waals surface area contributed by atoms with Crippen molar-refractivity contribution in [3.63, 3.8) is 0 Å². The first-order valence-electron chi connectivity index (χ1n) is 5.87. The maximum absolute atomic E-state index is 13.8. The molecule has 21 heavy (non-hydrogen) atoms. The molecular formula is C12H10BrFN4O3. The number of ether oxygens (including phenoxy) is 1. The lowest BCUT2D eigenvalue weighted by Crippen LogP contribution is -2.06. The van der Waals surface area contributed by atoms with Gasteiger partial charge in [-0.15, -0.1) is 0 Å². The van der Waals surface area contributed by atoms with Gasteiger partial charge in [0.05, 0.1) is 17.2 Å². The van der Waals surface area contributed by atoms with E-state index in [9.17, 15) is 14.5 Å². The average Bonchev–Trinajstić information content (AvgIpc) is 2.42. The van der Waals surface area contributed by atoms with E-state index in [1.807, 2.05) is 0 Å². The molecule has 0 bridgehead atoms. The van der Waals surface area contributed by atoms with Crippen LogP contribution >= 0.6 is 15.9 Å². The zero-order valence-corrected chi connectivity index (χ0v) is 12.4. The summed E-state index contributed by atoms with van der Waals surface area (Å²) in [6, 6.07) is 4.27. The van der Waals surface area contributed by atoms with Crippen molar-refractivity contribution in [3.05, 3.63) is 44.9 Å². The van der Waals surface area contributed by atoms with Crippen molar-refractivity contribution < 1.29 is 14.1 Å². The molecule has 1 N–H and O–H groups in total. The maximum Gasteiger partial charge on any atom is 0.373 e. The van der Waals surface area contributed by atoms with Gasteiger partial charge < -0.3 is 10.1 Å². The lowest BCUT2D eigenvalue weighted by Gasteiger charge is -2.09. The van der Waals surface area contributed by atoms with Gasteiger partial charge in [0.1, 0.15) is 12.1 Å². The van der Waals surface area contributed by atoms with E-state index in [1.54, 1.807) is 13.0 Å². The minimum Gasteiger partial charge on any atom is -0.473 e. The first kappa shape index (κ1) is 15.1. The summed E-state index contributed by atoms with van der Waals surface area (Å²) in [7, 11) is 0. The SMILES string of the molecule is CCOc1ncnc(Nc2ccc(Br)cc2F)c1[N+](=O)[O-]. The van der Waals surface area contributed by atoms with Gasteiger partial charge in [0.15, 0.2) is 0 Å². The third-order valence-electron chi connectivity index (χ3n) is 2.44. The lowest BCUT2D eigenvalue weighted by atomic mass is 10.3. The molecule has 7 nitrogen and oxygen atoms in total. The van der Waals surface area contributed by atoms with Gasteiger partial charge in [-0.05, 0) is 25.1 Å². The average molecular weight is 357 g/mol. The van der Waals surface area contributed by atoms with Crippen LogP contribution in [0, 0.1) is 15.9 Å². The van der Waals surface area contributed by atoms with Gasteiger partial charge in [0.25, 0.3) is 5.88 Å². The third-order valence-corrected chi connectivity index (χ3v) is 2.93. The Morgan fingerprint density at radius 1 is 1.48 bits per heavy atom. The summed E-state index contributed by atoms with van der Waals surface area (Å²) >= 11 is 3.13. The second-order valence-electron chi connectivity index (χ2n) is 3.82. The quantitative estimate of drug-likeness (QED) is 0.651. The smallest absolute Gasteiger partial charge is 0.373 e. The van der Waals surface area contributed by atoms with E-state index >= 15 is 0 Å². The van der Waals surface area contributed by atoms with Gasteiger partial charge in [-0.1, -0.05) is 15.9 Å². The fraction of sp³-hybridized carbons (Fsp3) is 0.167. The van der Waals surface area contributed by atoms with Crippen molar-refractivity contribution in [2.24, 2.45) is 0 Å². The minimum absolute atomic E-state index is 0.0578. The van der Waals surface area contributed by atoms with Crippen molar-refractivity contribution in [2.75, 3.05) is 11.9 Å². The van der Waals surface area contributed by atoms with E-state index < -0.39 is 16.4 Å². The van der Waals surface area contributed by atoms with Crippen molar-refractivity contribution in [2.45, 2.75) is 6.92 Å². The van der Waals surface area contributed by atoms with Crippen LogP contribution in [0.5, 0.6) is 5.88 Å². The van der Waals surface area contributed by atoms with Crippen molar-refractivity contribution in [3.8, 4) is 5.88 Å². The van der Waals surface area contributed by atoms with Crippen LogP contribution in [0.1, 0.15) is 6.92 Å². The predicted octanol–water partition coefficient (Wildman–Crippen LogP) is 3.43. The number of nitrogens with zero attached hydrogens (tertiary/aromatic N) is 3. The van der Waals surface area contributed by atoms with Crippen LogP contribution in [0.15, 0.2) is 29.0 Å². The molecule has 0 saturated carbocycles. The Labute approximate surface area is 127 Å². The van der Waals surface area contributed by atoms with Crippen molar-refractivity contribution >= 4 is 33.1 Å². The highest BCUT2D eigenvalue weighted by Gasteiger charge is 2.25. The van der Waals surface area contributed by atoms with Crippen LogP contribution in [0.4, 0.5) is 21.6 Å². The van der Waals surface area contributed by atoms with Gasteiger partial charge in [0, 0.05) is 4.47 Å². The molecule has 1 heterocycles. The molecule has 0 aliphatic heterocycles. The summed E-state index contributed by atoms with van der Waals surface area (Å²) in [6.45, 7) is 1.89. The summed E-state index contributed by atoms with van der Waals surface area (Å²) in [5, 5.41) is 13.7. The highest BCUT2D eigenvalue weighted by molar-refractivity contribution is 9.10. The van der Waals surface area contributed by atoms with E-state index in [0.717, 1.165) is 6.33 Å². The second kappa shape index (κ2) is 6.44. The number of nitro groups is 1. The van der Waals surface area contributed by atoms with Gasteiger partial charge >= 0.3 is 5.69 Å². The predicted molar refractivity (Wildman–Crippen MR) is 77.2 cm³/mol. The van der Waals surface area contributed by atoms with Crippen LogP contribution < -0.4 is 10.1 Å². The van der Waals surface area contributed by atoms with E-state index in [2.05, 4.69) is 31.2 Å². The molecule has 0 aliphatic rings. The number of hydrogen-bond acceptors (Lipinski definition) is 6. The fourth-order valence-corrected chi connectivity index (χ4v) is 1.91. The monoisotopic (exact) mass is 356 g/mol. The number of hydrogen-bond donors (Lipinski definition) is 1. The number of halogens is 2. The highest BCUT2D eigenvalue weighted by Crippen LogP contribution is 2.33. The molecule has 9 heteroatoms.